The smallest absolute Gasteiger partial charge is 0.248 e. The number of rotatable bonds is 8. The standard InChI is InChI=1S/C22H28N2O3/c1-3-24(21(26)15-27-2)13-19-22(20(14-25)23-19)18-11-9-17(10-12-18)16-7-5-4-6-8-16/h4-12,19-20,22-23,25H,3,13-15H2,1-2H3/t19-,20-,22-/m1/s1. The zero-order valence-electron chi connectivity index (χ0n) is 16.0. The first-order valence-electron chi connectivity index (χ1n) is 9.47. The lowest BCUT2D eigenvalue weighted by Crippen LogP contribution is -2.65. The molecule has 2 N–H and O–H groups in total. The Morgan fingerprint density at radius 1 is 1.07 bits per heavy atom. The number of hydrogen-bond acceptors (Lipinski definition) is 4. The van der Waals surface area contributed by atoms with Crippen LogP contribution in [0.25, 0.3) is 11.1 Å². The normalized spacial score (nSPS) is 21.5. The van der Waals surface area contributed by atoms with Crippen LogP contribution in [-0.2, 0) is 9.53 Å². The predicted molar refractivity (Wildman–Crippen MR) is 107 cm³/mol. The number of amides is 1. The Labute approximate surface area is 161 Å². The lowest BCUT2D eigenvalue weighted by molar-refractivity contribution is -0.135. The molecule has 2 aromatic rings. The molecule has 1 heterocycles. The van der Waals surface area contributed by atoms with Crippen molar-refractivity contribution in [3.8, 4) is 11.1 Å². The fraction of sp³-hybridized carbons (Fsp3) is 0.409. The lowest BCUT2D eigenvalue weighted by Gasteiger charge is -2.47. The van der Waals surface area contributed by atoms with Crippen molar-refractivity contribution >= 4 is 5.91 Å². The summed E-state index contributed by atoms with van der Waals surface area (Å²) in [6, 6.07) is 19.0. The Hall–Kier alpha value is -2.21. The van der Waals surface area contributed by atoms with E-state index in [1.165, 1.54) is 23.8 Å². The maximum atomic E-state index is 12.2. The van der Waals surface area contributed by atoms with Gasteiger partial charge in [0.2, 0.25) is 5.91 Å². The zero-order chi connectivity index (χ0) is 19.2. The minimum atomic E-state index is -0.00701. The number of methoxy groups -OCH3 is 1. The number of nitrogens with zero attached hydrogens (tertiary/aromatic N) is 1. The summed E-state index contributed by atoms with van der Waals surface area (Å²) in [5, 5.41) is 13.1. The van der Waals surface area contributed by atoms with Crippen LogP contribution in [0.5, 0.6) is 0 Å². The van der Waals surface area contributed by atoms with Crippen molar-refractivity contribution in [2.45, 2.75) is 24.9 Å². The van der Waals surface area contributed by atoms with Crippen LogP contribution in [0.2, 0.25) is 0 Å². The van der Waals surface area contributed by atoms with Crippen molar-refractivity contribution < 1.29 is 14.6 Å². The third-order valence-corrected chi connectivity index (χ3v) is 5.31. The Morgan fingerprint density at radius 3 is 2.33 bits per heavy atom. The molecule has 1 aliphatic rings. The van der Waals surface area contributed by atoms with E-state index in [-0.39, 0.29) is 37.1 Å². The van der Waals surface area contributed by atoms with Crippen LogP contribution >= 0.6 is 0 Å². The van der Waals surface area contributed by atoms with E-state index in [1.807, 2.05) is 25.1 Å². The molecule has 3 atom stereocenters. The van der Waals surface area contributed by atoms with Gasteiger partial charge in [-0.05, 0) is 23.6 Å². The summed E-state index contributed by atoms with van der Waals surface area (Å²) in [5.41, 5.74) is 3.55. The maximum Gasteiger partial charge on any atom is 0.248 e. The SMILES string of the molecule is CCN(C[C@H]1N[C@H](CO)[C@@H]1c1ccc(-c2ccccc2)cc1)C(=O)COC. The number of ether oxygens (including phenoxy) is 1. The molecule has 0 saturated carbocycles. The highest BCUT2D eigenvalue weighted by atomic mass is 16.5. The molecule has 1 fully saturated rings. The molecule has 2 aromatic carbocycles. The monoisotopic (exact) mass is 368 g/mol. The van der Waals surface area contributed by atoms with Crippen molar-refractivity contribution in [1.29, 1.82) is 0 Å². The van der Waals surface area contributed by atoms with Crippen LogP contribution in [0.3, 0.4) is 0 Å². The van der Waals surface area contributed by atoms with Gasteiger partial charge in [-0.15, -0.1) is 0 Å². The molecular formula is C22H28N2O3. The van der Waals surface area contributed by atoms with Gasteiger partial charge in [0, 0.05) is 38.2 Å². The fourth-order valence-corrected chi connectivity index (χ4v) is 3.83. The Kier molecular flexibility index (Phi) is 6.61. The van der Waals surface area contributed by atoms with E-state index in [2.05, 4.69) is 41.7 Å². The molecule has 0 radical (unpaired) electrons. The second-order valence-electron chi connectivity index (χ2n) is 6.94. The third kappa shape index (κ3) is 4.38. The van der Waals surface area contributed by atoms with Gasteiger partial charge in [0.05, 0.1) is 6.61 Å². The molecule has 1 aliphatic heterocycles. The predicted octanol–water partition coefficient (Wildman–Crippen LogP) is 2.26. The number of carbonyl (C=O) groups excluding carboxylic acids is 1. The van der Waals surface area contributed by atoms with Crippen molar-refractivity contribution in [3.05, 3.63) is 60.2 Å². The van der Waals surface area contributed by atoms with Crippen molar-refractivity contribution in [3.63, 3.8) is 0 Å². The largest absolute Gasteiger partial charge is 0.395 e. The van der Waals surface area contributed by atoms with E-state index in [9.17, 15) is 9.90 Å². The number of hydrogen-bond donors (Lipinski definition) is 2. The molecule has 5 heteroatoms. The number of aliphatic hydroxyl groups is 1. The number of benzene rings is 2. The molecule has 0 unspecified atom stereocenters. The van der Waals surface area contributed by atoms with Crippen molar-refractivity contribution in [2.24, 2.45) is 0 Å². The second-order valence-corrected chi connectivity index (χ2v) is 6.94. The summed E-state index contributed by atoms with van der Waals surface area (Å²) in [5.74, 6) is 0.177. The highest BCUT2D eigenvalue weighted by Crippen LogP contribution is 2.33. The van der Waals surface area contributed by atoms with Gasteiger partial charge >= 0.3 is 0 Å². The fourth-order valence-electron chi connectivity index (χ4n) is 3.83. The van der Waals surface area contributed by atoms with Crippen LogP contribution in [0.4, 0.5) is 0 Å². The van der Waals surface area contributed by atoms with Gasteiger partial charge < -0.3 is 20.1 Å². The topological polar surface area (TPSA) is 61.8 Å². The summed E-state index contributed by atoms with van der Waals surface area (Å²) in [6.45, 7) is 3.41. The van der Waals surface area contributed by atoms with Crippen molar-refractivity contribution in [1.82, 2.24) is 10.2 Å². The highest BCUT2D eigenvalue weighted by Gasteiger charge is 2.41. The molecule has 27 heavy (non-hydrogen) atoms. The minimum absolute atomic E-state index is 0.00701. The minimum Gasteiger partial charge on any atom is -0.395 e. The number of aliphatic hydroxyl groups excluding tert-OH is 1. The average molecular weight is 368 g/mol. The molecule has 144 valence electrons. The van der Waals surface area contributed by atoms with Gasteiger partial charge in [0.1, 0.15) is 6.61 Å². The van der Waals surface area contributed by atoms with Crippen LogP contribution in [0, 0.1) is 0 Å². The number of carbonyl (C=O) groups is 1. The van der Waals surface area contributed by atoms with Gasteiger partial charge in [-0.3, -0.25) is 4.79 Å². The second kappa shape index (κ2) is 9.13. The summed E-state index contributed by atoms with van der Waals surface area (Å²) in [6.07, 6.45) is 0. The molecule has 0 spiro atoms. The van der Waals surface area contributed by atoms with Gasteiger partial charge in [0.15, 0.2) is 0 Å². The lowest BCUT2D eigenvalue weighted by atomic mass is 9.77. The average Bonchev–Trinajstić information content (AvgIpc) is 2.69. The Morgan fingerprint density at radius 2 is 1.74 bits per heavy atom. The van der Waals surface area contributed by atoms with Gasteiger partial charge in [-0.25, -0.2) is 0 Å². The van der Waals surface area contributed by atoms with Crippen LogP contribution in [0.1, 0.15) is 18.4 Å². The molecule has 1 saturated heterocycles. The molecule has 0 aromatic heterocycles. The quantitative estimate of drug-likeness (QED) is 0.750. The molecular weight excluding hydrogens is 340 g/mol. The first-order valence-corrected chi connectivity index (χ1v) is 9.47. The van der Waals surface area contributed by atoms with Crippen molar-refractivity contribution in [2.75, 3.05) is 33.4 Å². The maximum absolute atomic E-state index is 12.2. The first-order chi connectivity index (χ1) is 13.2. The van der Waals surface area contributed by atoms with E-state index < -0.39 is 0 Å². The zero-order valence-corrected chi connectivity index (χ0v) is 16.0. The van der Waals surface area contributed by atoms with E-state index >= 15 is 0 Å². The van der Waals surface area contributed by atoms with E-state index in [0.29, 0.717) is 13.1 Å². The Bertz CT molecular complexity index is 733. The summed E-state index contributed by atoms with van der Waals surface area (Å²) in [7, 11) is 1.53. The van der Waals surface area contributed by atoms with E-state index in [0.717, 1.165) is 0 Å². The summed E-state index contributed by atoms with van der Waals surface area (Å²) >= 11 is 0. The third-order valence-electron chi connectivity index (χ3n) is 5.31. The van der Waals surface area contributed by atoms with Crippen LogP contribution in [-0.4, -0.2) is 61.4 Å². The highest BCUT2D eigenvalue weighted by molar-refractivity contribution is 5.77. The summed E-state index contributed by atoms with van der Waals surface area (Å²) in [4.78, 5) is 14.0. The van der Waals surface area contributed by atoms with Gasteiger partial charge in [0.25, 0.3) is 0 Å². The number of likely N-dealkylation sites (N-methyl/N-ethyl adjacent to an activating group) is 1. The van der Waals surface area contributed by atoms with Gasteiger partial charge in [-0.1, -0.05) is 54.6 Å². The molecule has 3 rings (SSSR count). The van der Waals surface area contributed by atoms with Crippen LogP contribution in [0.15, 0.2) is 54.6 Å². The Balaban J connectivity index is 1.73. The van der Waals surface area contributed by atoms with E-state index in [4.69, 9.17) is 4.74 Å². The van der Waals surface area contributed by atoms with E-state index in [1.54, 1.807) is 4.90 Å². The van der Waals surface area contributed by atoms with Gasteiger partial charge in [-0.2, -0.15) is 0 Å². The number of nitrogens with one attached hydrogen (secondary N) is 1. The van der Waals surface area contributed by atoms with Crippen LogP contribution < -0.4 is 5.32 Å². The molecule has 1 amide bonds. The first kappa shape index (κ1) is 19.5. The summed E-state index contributed by atoms with van der Waals surface area (Å²) < 4.78 is 4.98. The molecule has 0 aliphatic carbocycles. The molecule has 0 bridgehead atoms. The molecule has 5 nitrogen and oxygen atoms in total.